The summed E-state index contributed by atoms with van der Waals surface area (Å²) in [6, 6.07) is 10.0. The third-order valence-electron chi connectivity index (χ3n) is 4.66. The lowest BCUT2D eigenvalue weighted by atomic mass is 10.1. The second-order valence-corrected chi connectivity index (χ2v) is 9.13. The Bertz CT molecular complexity index is 1470. The fourth-order valence-electron chi connectivity index (χ4n) is 3.15. The molecule has 3 heterocycles. The Balaban J connectivity index is 1.72. The zero-order chi connectivity index (χ0) is 23.0. The fraction of sp³-hybridized carbons (Fsp3) is 0.0952. The molecule has 11 heteroatoms. The predicted molar refractivity (Wildman–Crippen MR) is 126 cm³/mol. The number of esters is 1. The summed E-state index contributed by atoms with van der Waals surface area (Å²) in [4.78, 5) is 44.6. The number of nitro groups is 1. The Labute approximate surface area is 193 Å². The number of halogens is 1. The number of carbonyl (C=O) groups excluding carboxylic acids is 1. The van der Waals surface area contributed by atoms with E-state index in [4.69, 9.17) is 16.3 Å². The van der Waals surface area contributed by atoms with Gasteiger partial charge in [0.2, 0.25) is 0 Å². The molecule has 0 bridgehead atoms. The molecule has 0 atom stereocenters. The van der Waals surface area contributed by atoms with E-state index in [-0.39, 0.29) is 16.5 Å². The number of thiophene rings is 2. The molecule has 0 spiro atoms. The van der Waals surface area contributed by atoms with Crippen molar-refractivity contribution >= 4 is 67.3 Å². The van der Waals surface area contributed by atoms with Gasteiger partial charge in [-0.15, -0.1) is 22.7 Å². The molecule has 0 amide bonds. The zero-order valence-corrected chi connectivity index (χ0v) is 19.1. The first kappa shape index (κ1) is 21.9. The molecule has 0 fully saturated rings. The smallest absolute Gasteiger partial charge is 0.348 e. The van der Waals surface area contributed by atoms with Crippen molar-refractivity contribution in [3.63, 3.8) is 0 Å². The number of fused-ring (bicyclic) bond motifs is 1. The number of hydrogen-bond donors (Lipinski definition) is 1. The minimum atomic E-state index is -0.533. The van der Waals surface area contributed by atoms with E-state index in [9.17, 15) is 19.7 Å². The van der Waals surface area contributed by atoms with Crippen molar-refractivity contribution in [1.29, 1.82) is 0 Å². The molecule has 3 aromatic heterocycles. The van der Waals surface area contributed by atoms with E-state index in [1.807, 2.05) is 0 Å². The van der Waals surface area contributed by atoms with Crippen molar-refractivity contribution in [3.8, 4) is 10.4 Å². The summed E-state index contributed by atoms with van der Waals surface area (Å²) < 4.78 is 4.76. The van der Waals surface area contributed by atoms with Gasteiger partial charge in [0.05, 0.1) is 28.0 Å². The summed E-state index contributed by atoms with van der Waals surface area (Å²) in [5.41, 5.74) is 0.620. The van der Waals surface area contributed by atoms with Crippen molar-refractivity contribution in [2.45, 2.75) is 6.92 Å². The van der Waals surface area contributed by atoms with E-state index in [1.54, 1.807) is 43.3 Å². The van der Waals surface area contributed by atoms with Gasteiger partial charge in [-0.1, -0.05) is 23.7 Å². The van der Waals surface area contributed by atoms with Crippen LogP contribution in [-0.4, -0.2) is 28.0 Å². The van der Waals surface area contributed by atoms with E-state index >= 15 is 0 Å². The molecule has 4 rings (SSSR count). The van der Waals surface area contributed by atoms with Gasteiger partial charge in [0.25, 0.3) is 11.2 Å². The number of nitrogens with one attached hydrogen (secondary N) is 1. The molecule has 0 aliphatic rings. The van der Waals surface area contributed by atoms with Gasteiger partial charge in [-0.2, -0.15) is 0 Å². The number of H-pyrrole nitrogens is 1. The lowest BCUT2D eigenvalue weighted by molar-refractivity contribution is -0.384. The molecule has 32 heavy (non-hydrogen) atoms. The SMILES string of the molecule is COC(=O)c1sc2nc(/C(Cl)=C/c3ccc(-c4ccccc4[N+](=O)[O-])s3)[nH]c(=O)c2c1C. The third-order valence-corrected chi connectivity index (χ3v) is 7.18. The molecule has 162 valence electrons. The van der Waals surface area contributed by atoms with Gasteiger partial charge in [0, 0.05) is 15.8 Å². The van der Waals surface area contributed by atoms with Crippen LogP contribution in [0.5, 0.6) is 0 Å². The highest BCUT2D eigenvalue weighted by molar-refractivity contribution is 7.20. The number of ether oxygens (including phenoxy) is 1. The Hall–Kier alpha value is -3.34. The summed E-state index contributed by atoms with van der Waals surface area (Å²) in [5, 5.41) is 11.8. The Morgan fingerprint density at radius 3 is 2.72 bits per heavy atom. The van der Waals surface area contributed by atoms with Crippen LogP contribution in [0, 0.1) is 17.0 Å². The van der Waals surface area contributed by atoms with Crippen LogP contribution in [0.3, 0.4) is 0 Å². The first-order valence-corrected chi connectivity index (χ1v) is 11.1. The highest BCUT2D eigenvalue weighted by Crippen LogP contribution is 2.36. The number of para-hydroxylation sites is 1. The maximum atomic E-state index is 12.6. The normalized spacial score (nSPS) is 11.7. The summed E-state index contributed by atoms with van der Waals surface area (Å²) in [6.07, 6.45) is 1.62. The molecule has 1 N–H and O–H groups in total. The molecule has 0 aliphatic heterocycles. The summed E-state index contributed by atoms with van der Waals surface area (Å²) in [5.74, 6) is -0.378. The number of nitrogens with zero attached hydrogens (tertiary/aromatic N) is 2. The van der Waals surface area contributed by atoms with Crippen LogP contribution in [0.15, 0.2) is 41.2 Å². The van der Waals surface area contributed by atoms with Gasteiger partial charge in [-0.05, 0) is 36.8 Å². The van der Waals surface area contributed by atoms with E-state index in [1.165, 1.54) is 24.5 Å². The highest BCUT2D eigenvalue weighted by Gasteiger charge is 2.20. The monoisotopic (exact) mass is 487 g/mol. The molecule has 0 saturated carbocycles. The number of nitro benzene ring substituents is 1. The van der Waals surface area contributed by atoms with Gasteiger partial charge in [-0.3, -0.25) is 14.9 Å². The lowest BCUT2D eigenvalue weighted by Crippen LogP contribution is -2.10. The first-order chi connectivity index (χ1) is 15.3. The highest BCUT2D eigenvalue weighted by atomic mass is 35.5. The zero-order valence-electron chi connectivity index (χ0n) is 16.7. The molecule has 0 aliphatic carbocycles. The first-order valence-electron chi connectivity index (χ1n) is 9.13. The molecule has 0 radical (unpaired) electrons. The van der Waals surface area contributed by atoms with Crippen molar-refractivity contribution in [2.24, 2.45) is 0 Å². The number of carbonyl (C=O) groups is 1. The average molecular weight is 488 g/mol. The summed E-state index contributed by atoms with van der Waals surface area (Å²) in [7, 11) is 1.27. The number of methoxy groups -OCH3 is 1. The number of benzene rings is 1. The minimum absolute atomic E-state index is 0.0156. The fourth-order valence-corrected chi connectivity index (χ4v) is 5.51. The van der Waals surface area contributed by atoms with Crippen LogP contribution < -0.4 is 5.56 Å². The molecule has 0 unspecified atom stereocenters. The lowest BCUT2D eigenvalue weighted by Gasteiger charge is -2.00. The van der Waals surface area contributed by atoms with E-state index in [0.29, 0.717) is 31.1 Å². The van der Waals surface area contributed by atoms with Crippen molar-refractivity contribution in [3.05, 3.63) is 78.0 Å². The summed E-state index contributed by atoms with van der Waals surface area (Å²) >= 11 is 8.81. The van der Waals surface area contributed by atoms with E-state index < -0.39 is 16.5 Å². The molecule has 0 saturated heterocycles. The number of rotatable bonds is 5. The Kier molecular flexibility index (Phi) is 5.92. The van der Waals surface area contributed by atoms with Crippen LogP contribution in [0.4, 0.5) is 5.69 Å². The molecule has 1 aromatic carbocycles. The largest absolute Gasteiger partial charge is 0.465 e. The maximum absolute atomic E-state index is 12.6. The number of hydrogen-bond acceptors (Lipinski definition) is 8. The standard InChI is InChI=1S/C21H14ClN3O5S2/c1-10-16-19(26)23-18(24-20(16)32-17(10)21(27)30-2)13(22)9-11-7-8-15(31-11)12-5-3-4-6-14(12)25(28)29/h3-9H,1-2H3,(H,23,24,26)/b13-9-. The van der Waals surface area contributed by atoms with E-state index in [0.717, 1.165) is 16.2 Å². The Morgan fingerprint density at radius 1 is 1.25 bits per heavy atom. The quantitative estimate of drug-likeness (QED) is 0.227. The Morgan fingerprint density at radius 2 is 2.00 bits per heavy atom. The van der Waals surface area contributed by atoms with Crippen molar-refractivity contribution in [2.75, 3.05) is 7.11 Å². The van der Waals surface area contributed by atoms with Crippen LogP contribution in [0.25, 0.3) is 31.8 Å². The van der Waals surface area contributed by atoms with Crippen molar-refractivity contribution < 1.29 is 14.5 Å². The second kappa shape index (κ2) is 8.65. The molecular formula is C21H14ClN3O5S2. The molecule has 8 nitrogen and oxygen atoms in total. The number of aryl methyl sites for hydroxylation is 1. The van der Waals surface area contributed by atoms with Crippen molar-refractivity contribution in [1.82, 2.24) is 9.97 Å². The predicted octanol–water partition coefficient (Wildman–Crippen LogP) is 5.45. The minimum Gasteiger partial charge on any atom is -0.465 e. The number of aromatic amines is 1. The van der Waals surface area contributed by atoms with Gasteiger partial charge in [-0.25, -0.2) is 9.78 Å². The maximum Gasteiger partial charge on any atom is 0.348 e. The van der Waals surface area contributed by atoms with Crippen LogP contribution in [0.1, 0.15) is 25.9 Å². The van der Waals surface area contributed by atoms with Crippen LogP contribution in [-0.2, 0) is 4.74 Å². The summed E-state index contributed by atoms with van der Waals surface area (Å²) in [6.45, 7) is 1.66. The average Bonchev–Trinajstić information content (AvgIpc) is 3.37. The molecule has 4 aromatic rings. The molecular weight excluding hydrogens is 474 g/mol. The van der Waals surface area contributed by atoms with Gasteiger partial charge in [0.15, 0.2) is 5.82 Å². The van der Waals surface area contributed by atoms with E-state index in [2.05, 4.69) is 9.97 Å². The third kappa shape index (κ3) is 3.95. The van der Waals surface area contributed by atoms with Gasteiger partial charge in [0.1, 0.15) is 9.71 Å². The van der Waals surface area contributed by atoms with Gasteiger partial charge >= 0.3 is 5.97 Å². The number of aromatic nitrogens is 2. The topological polar surface area (TPSA) is 115 Å². The van der Waals surface area contributed by atoms with Crippen LogP contribution in [0.2, 0.25) is 0 Å². The van der Waals surface area contributed by atoms with Crippen LogP contribution >= 0.6 is 34.3 Å². The van der Waals surface area contributed by atoms with Gasteiger partial charge < -0.3 is 9.72 Å². The second-order valence-electron chi connectivity index (χ2n) is 6.61.